The minimum Gasteiger partial charge on any atom is -0.484 e. The van der Waals surface area contributed by atoms with Crippen LogP contribution in [-0.4, -0.2) is 40.3 Å². The van der Waals surface area contributed by atoms with Crippen LogP contribution in [0.5, 0.6) is 5.75 Å². The van der Waals surface area contributed by atoms with Gasteiger partial charge >= 0.3 is 0 Å². The van der Waals surface area contributed by atoms with Crippen LogP contribution in [0.25, 0.3) is 20.8 Å². The molecule has 1 unspecified atom stereocenters. The van der Waals surface area contributed by atoms with Gasteiger partial charge in [-0.25, -0.2) is 9.88 Å². The van der Waals surface area contributed by atoms with Crippen molar-refractivity contribution in [2.24, 2.45) is 0 Å². The maximum absolute atomic E-state index is 13.7. The van der Waals surface area contributed by atoms with Gasteiger partial charge in [0.25, 0.3) is 11.8 Å². The Labute approximate surface area is 248 Å². The van der Waals surface area contributed by atoms with Crippen molar-refractivity contribution < 1.29 is 19.1 Å². The van der Waals surface area contributed by atoms with Crippen molar-refractivity contribution in [3.63, 3.8) is 0 Å². The molecule has 2 heterocycles. The fourth-order valence-corrected chi connectivity index (χ4v) is 6.12. The quantitative estimate of drug-likeness (QED) is 0.202. The molecule has 0 aliphatic carbocycles. The van der Waals surface area contributed by atoms with Crippen molar-refractivity contribution in [2.75, 3.05) is 11.5 Å². The van der Waals surface area contributed by atoms with E-state index in [1.165, 1.54) is 15.4 Å². The third kappa shape index (κ3) is 5.66. The summed E-state index contributed by atoms with van der Waals surface area (Å²) in [6, 6.07) is 29.3. The largest absolute Gasteiger partial charge is 0.484 e. The molecule has 1 aliphatic heterocycles. The van der Waals surface area contributed by atoms with Gasteiger partial charge in [0, 0.05) is 12.1 Å². The summed E-state index contributed by atoms with van der Waals surface area (Å²) in [4.78, 5) is 47.8. The first-order valence-corrected chi connectivity index (χ1v) is 14.5. The predicted octanol–water partition coefficient (Wildman–Crippen LogP) is 6.32. The number of hydrogen-bond acceptors (Lipinski definition) is 6. The molecule has 3 amide bonds. The highest BCUT2D eigenvalue weighted by Gasteiger charge is 2.44. The number of anilines is 1. The maximum Gasteiger partial charge on any atom is 0.261 e. The summed E-state index contributed by atoms with van der Waals surface area (Å²) >= 11 is 1.60. The third-order valence-electron chi connectivity index (χ3n) is 7.31. The Bertz CT molecular complexity index is 1760. The fraction of sp³-hybridized carbons (Fsp3) is 0.176. The number of imide groups is 1. The van der Waals surface area contributed by atoms with E-state index in [0.29, 0.717) is 11.4 Å². The molecule has 1 atom stereocenters. The maximum atomic E-state index is 13.7. The number of aromatic nitrogens is 1. The molecule has 42 heavy (non-hydrogen) atoms. The summed E-state index contributed by atoms with van der Waals surface area (Å²) in [5.41, 5.74) is 5.44. The summed E-state index contributed by atoms with van der Waals surface area (Å²) in [5.74, 6) is -0.587. The van der Waals surface area contributed by atoms with Crippen molar-refractivity contribution in [1.29, 1.82) is 0 Å². The lowest BCUT2D eigenvalue weighted by Gasteiger charge is -2.28. The lowest BCUT2D eigenvalue weighted by molar-refractivity contribution is -0.140. The molecule has 1 saturated heterocycles. The van der Waals surface area contributed by atoms with Gasteiger partial charge in [0.05, 0.1) is 22.3 Å². The summed E-state index contributed by atoms with van der Waals surface area (Å²) in [7, 11) is 0. The van der Waals surface area contributed by atoms with E-state index in [4.69, 9.17) is 9.72 Å². The Morgan fingerprint density at radius 1 is 0.929 bits per heavy atom. The van der Waals surface area contributed by atoms with Gasteiger partial charge in [-0.3, -0.25) is 14.4 Å². The SMILES string of the molecule is Cc1ccc(CN(C(=O)COc2ccccc2)C2CC(=O)N(c3ccc(-c4nc5ccc(C)cc5s4)cc3)C2=O)cc1. The lowest BCUT2D eigenvalue weighted by Crippen LogP contribution is -2.46. The average molecular weight is 576 g/mol. The smallest absolute Gasteiger partial charge is 0.261 e. The molecule has 0 N–H and O–H groups in total. The first kappa shape index (κ1) is 27.4. The number of nitrogens with zero attached hydrogens (tertiary/aromatic N) is 3. The van der Waals surface area contributed by atoms with Gasteiger partial charge in [-0.1, -0.05) is 54.1 Å². The minimum atomic E-state index is -0.933. The van der Waals surface area contributed by atoms with Crippen molar-refractivity contribution in [3.05, 3.63) is 114 Å². The second-order valence-electron chi connectivity index (χ2n) is 10.4. The molecule has 1 fully saturated rings. The van der Waals surface area contributed by atoms with Gasteiger partial charge < -0.3 is 9.64 Å². The third-order valence-corrected chi connectivity index (χ3v) is 8.38. The van der Waals surface area contributed by atoms with Crippen LogP contribution < -0.4 is 9.64 Å². The molecule has 0 bridgehead atoms. The number of amides is 3. The van der Waals surface area contributed by atoms with Crippen LogP contribution in [0.1, 0.15) is 23.1 Å². The molecule has 5 aromatic rings. The Balaban J connectivity index is 1.23. The highest BCUT2D eigenvalue weighted by atomic mass is 32.1. The molecule has 0 spiro atoms. The number of thiazole rings is 1. The zero-order chi connectivity index (χ0) is 29.2. The first-order valence-electron chi connectivity index (χ1n) is 13.7. The lowest BCUT2D eigenvalue weighted by atomic mass is 10.1. The van der Waals surface area contributed by atoms with E-state index < -0.39 is 11.9 Å². The summed E-state index contributed by atoms with van der Waals surface area (Å²) in [6.45, 7) is 3.98. The van der Waals surface area contributed by atoms with E-state index >= 15 is 0 Å². The van der Waals surface area contributed by atoms with Crippen LogP contribution in [0.4, 0.5) is 5.69 Å². The Hall–Kier alpha value is -4.82. The first-order chi connectivity index (χ1) is 20.4. The molecule has 7 nitrogen and oxygen atoms in total. The Kier molecular flexibility index (Phi) is 7.54. The summed E-state index contributed by atoms with van der Waals surface area (Å²) in [5, 5.41) is 0.868. The van der Waals surface area contributed by atoms with Crippen LogP contribution in [0.15, 0.2) is 97.1 Å². The van der Waals surface area contributed by atoms with E-state index in [0.717, 1.165) is 31.9 Å². The predicted molar refractivity (Wildman–Crippen MR) is 164 cm³/mol. The zero-order valence-corrected chi connectivity index (χ0v) is 24.1. The van der Waals surface area contributed by atoms with E-state index in [2.05, 4.69) is 13.0 Å². The average Bonchev–Trinajstić information content (AvgIpc) is 3.55. The Morgan fingerprint density at radius 3 is 2.38 bits per heavy atom. The number of carbonyl (C=O) groups is 3. The molecule has 0 radical (unpaired) electrons. The number of fused-ring (bicyclic) bond motifs is 1. The zero-order valence-electron chi connectivity index (χ0n) is 23.3. The molecule has 6 rings (SSSR count). The Morgan fingerprint density at radius 2 is 1.64 bits per heavy atom. The molecule has 4 aromatic carbocycles. The molecule has 0 saturated carbocycles. The summed E-state index contributed by atoms with van der Waals surface area (Å²) < 4.78 is 6.82. The standard InChI is InChI=1S/C34H29N3O4S/c1-22-8-11-24(12-9-22)20-36(32(39)21-41-27-6-4-3-5-7-27)29-19-31(38)37(34(29)40)26-15-13-25(14-16-26)33-35-28-17-10-23(2)18-30(28)42-33/h3-18,29H,19-21H2,1-2H3. The fourth-order valence-electron chi connectivity index (χ4n) is 5.05. The number of hydrogen-bond donors (Lipinski definition) is 0. The van der Waals surface area contributed by atoms with E-state index in [9.17, 15) is 14.4 Å². The molecule has 1 aromatic heterocycles. The molecule has 210 valence electrons. The monoisotopic (exact) mass is 575 g/mol. The normalized spacial score (nSPS) is 14.9. The van der Waals surface area contributed by atoms with E-state index in [1.807, 2.05) is 73.7 Å². The topological polar surface area (TPSA) is 79.8 Å². The molecule has 8 heteroatoms. The number of rotatable bonds is 8. The van der Waals surface area contributed by atoms with Crippen LogP contribution >= 0.6 is 11.3 Å². The van der Waals surface area contributed by atoms with Crippen molar-refractivity contribution in [2.45, 2.75) is 32.9 Å². The number of carbonyl (C=O) groups excluding carboxylic acids is 3. The van der Waals surface area contributed by atoms with Crippen LogP contribution in [0.2, 0.25) is 0 Å². The van der Waals surface area contributed by atoms with Gasteiger partial charge in [-0.2, -0.15) is 0 Å². The highest BCUT2D eigenvalue weighted by Crippen LogP contribution is 2.33. The second-order valence-corrected chi connectivity index (χ2v) is 11.5. The van der Waals surface area contributed by atoms with Gasteiger partial charge in [-0.15, -0.1) is 11.3 Å². The van der Waals surface area contributed by atoms with Crippen molar-refractivity contribution in [1.82, 2.24) is 9.88 Å². The number of benzene rings is 4. The molecule has 1 aliphatic rings. The number of para-hydroxylation sites is 1. The van der Waals surface area contributed by atoms with E-state index in [1.54, 1.807) is 35.6 Å². The van der Waals surface area contributed by atoms with Gasteiger partial charge in [0.2, 0.25) is 5.91 Å². The van der Waals surface area contributed by atoms with Gasteiger partial charge in [0.1, 0.15) is 16.8 Å². The second kappa shape index (κ2) is 11.6. The summed E-state index contributed by atoms with van der Waals surface area (Å²) in [6.07, 6.45) is -0.0965. The van der Waals surface area contributed by atoms with E-state index in [-0.39, 0.29) is 31.4 Å². The minimum absolute atomic E-state index is 0.0965. The van der Waals surface area contributed by atoms with Crippen molar-refractivity contribution >= 4 is 45.0 Å². The van der Waals surface area contributed by atoms with Crippen molar-refractivity contribution in [3.8, 4) is 16.3 Å². The van der Waals surface area contributed by atoms with Crippen LogP contribution in [0.3, 0.4) is 0 Å². The molecular weight excluding hydrogens is 546 g/mol. The number of ether oxygens (including phenoxy) is 1. The van der Waals surface area contributed by atoms with Gasteiger partial charge in [0.15, 0.2) is 6.61 Å². The van der Waals surface area contributed by atoms with Gasteiger partial charge in [-0.05, 0) is 73.5 Å². The number of aryl methyl sites for hydroxylation is 2. The van der Waals surface area contributed by atoms with Crippen LogP contribution in [0, 0.1) is 13.8 Å². The van der Waals surface area contributed by atoms with Crippen LogP contribution in [-0.2, 0) is 20.9 Å². The highest BCUT2D eigenvalue weighted by molar-refractivity contribution is 7.21. The molecular formula is C34H29N3O4S.